The lowest BCUT2D eigenvalue weighted by Gasteiger charge is -2.31. The molecule has 1 aliphatic heterocycles. The predicted molar refractivity (Wildman–Crippen MR) is 86.7 cm³/mol. The van der Waals surface area contributed by atoms with E-state index in [0.717, 1.165) is 5.56 Å². The van der Waals surface area contributed by atoms with Gasteiger partial charge in [-0.05, 0) is 44.4 Å². The van der Waals surface area contributed by atoms with E-state index < -0.39 is 10.0 Å². The van der Waals surface area contributed by atoms with E-state index in [-0.39, 0.29) is 36.0 Å². The van der Waals surface area contributed by atoms with Gasteiger partial charge < -0.3 is 5.32 Å². The standard InChI is InChI=1S/C16H23FN2O3S/c1-3-23(21,22)19-10-4-5-14(11-19)16(20)18-12(2)13-6-8-15(17)9-7-13/h6-9,12,14H,3-5,10-11H2,1-2H3,(H,18,20)/t12-,14-/m1/s1. The molecule has 1 heterocycles. The van der Waals surface area contributed by atoms with Crippen LogP contribution in [0.2, 0.25) is 0 Å². The summed E-state index contributed by atoms with van der Waals surface area (Å²) in [6.45, 7) is 4.15. The summed E-state index contributed by atoms with van der Waals surface area (Å²) in [4.78, 5) is 12.4. The van der Waals surface area contributed by atoms with Crippen molar-refractivity contribution in [3.05, 3.63) is 35.6 Å². The first-order valence-electron chi connectivity index (χ1n) is 7.87. The van der Waals surface area contributed by atoms with Gasteiger partial charge in [0.25, 0.3) is 0 Å². The number of amides is 1. The lowest BCUT2D eigenvalue weighted by molar-refractivity contribution is -0.126. The zero-order chi connectivity index (χ0) is 17.0. The first-order chi connectivity index (χ1) is 10.8. The third-order valence-corrected chi connectivity index (χ3v) is 6.09. The molecule has 0 aliphatic carbocycles. The Hall–Kier alpha value is -1.47. The maximum Gasteiger partial charge on any atom is 0.224 e. The van der Waals surface area contributed by atoms with Crippen LogP contribution in [-0.2, 0) is 14.8 Å². The smallest absolute Gasteiger partial charge is 0.224 e. The molecule has 1 aliphatic rings. The molecule has 1 saturated heterocycles. The summed E-state index contributed by atoms with van der Waals surface area (Å²) in [5, 5.41) is 2.89. The Morgan fingerprint density at radius 2 is 2.04 bits per heavy atom. The highest BCUT2D eigenvalue weighted by Crippen LogP contribution is 2.21. The Kier molecular flexibility index (Phi) is 5.75. The number of halogens is 1. The molecule has 1 N–H and O–H groups in total. The van der Waals surface area contributed by atoms with Crippen LogP contribution in [0.5, 0.6) is 0 Å². The lowest BCUT2D eigenvalue weighted by atomic mass is 9.98. The van der Waals surface area contributed by atoms with Gasteiger partial charge in [0.05, 0.1) is 17.7 Å². The fourth-order valence-electron chi connectivity index (χ4n) is 2.76. The van der Waals surface area contributed by atoms with E-state index in [1.165, 1.54) is 16.4 Å². The van der Waals surface area contributed by atoms with Crippen LogP contribution in [0.4, 0.5) is 4.39 Å². The fourth-order valence-corrected chi connectivity index (χ4v) is 3.94. The normalized spacial score (nSPS) is 20.9. The molecule has 23 heavy (non-hydrogen) atoms. The third kappa shape index (κ3) is 4.51. The SMILES string of the molecule is CCS(=O)(=O)N1CCC[C@@H](C(=O)N[C@H](C)c2ccc(F)cc2)C1. The highest BCUT2D eigenvalue weighted by molar-refractivity contribution is 7.89. The molecule has 0 spiro atoms. The molecule has 2 atom stereocenters. The van der Waals surface area contributed by atoms with Gasteiger partial charge in [0.15, 0.2) is 0 Å². The quantitative estimate of drug-likeness (QED) is 0.891. The molecule has 1 aromatic carbocycles. The van der Waals surface area contributed by atoms with E-state index in [1.807, 2.05) is 6.92 Å². The number of hydrogen-bond donors (Lipinski definition) is 1. The monoisotopic (exact) mass is 342 g/mol. The van der Waals surface area contributed by atoms with Crippen LogP contribution in [-0.4, -0.2) is 37.5 Å². The van der Waals surface area contributed by atoms with Crippen LogP contribution in [0, 0.1) is 11.7 Å². The summed E-state index contributed by atoms with van der Waals surface area (Å²) in [5.74, 6) is -0.765. The number of rotatable bonds is 5. The molecular formula is C16H23FN2O3S. The third-order valence-electron chi connectivity index (χ3n) is 4.24. The van der Waals surface area contributed by atoms with Crippen molar-refractivity contribution in [3.63, 3.8) is 0 Å². The van der Waals surface area contributed by atoms with Gasteiger partial charge in [0, 0.05) is 13.1 Å². The summed E-state index contributed by atoms with van der Waals surface area (Å²) in [5.41, 5.74) is 0.814. The molecule has 0 bridgehead atoms. The van der Waals surface area contributed by atoms with Gasteiger partial charge in [-0.2, -0.15) is 0 Å². The number of nitrogens with one attached hydrogen (secondary N) is 1. The molecule has 2 rings (SSSR count). The second-order valence-corrected chi connectivity index (χ2v) is 8.14. The van der Waals surface area contributed by atoms with Crippen molar-refractivity contribution < 1.29 is 17.6 Å². The van der Waals surface area contributed by atoms with Gasteiger partial charge >= 0.3 is 0 Å². The first-order valence-corrected chi connectivity index (χ1v) is 9.48. The number of benzene rings is 1. The Morgan fingerprint density at radius 1 is 1.39 bits per heavy atom. The van der Waals surface area contributed by atoms with E-state index in [0.29, 0.717) is 19.4 Å². The molecule has 7 heteroatoms. The molecule has 1 amide bonds. The van der Waals surface area contributed by atoms with E-state index in [9.17, 15) is 17.6 Å². The molecule has 0 unspecified atom stereocenters. The van der Waals surface area contributed by atoms with Crippen LogP contribution < -0.4 is 5.32 Å². The van der Waals surface area contributed by atoms with Crippen molar-refractivity contribution in [1.29, 1.82) is 0 Å². The molecule has 1 aromatic rings. The van der Waals surface area contributed by atoms with Crippen LogP contribution >= 0.6 is 0 Å². The zero-order valence-electron chi connectivity index (χ0n) is 13.5. The number of carbonyl (C=O) groups excluding carboxylic acids is 1. The maximum atomic E-state index is 12.9. The summed E-state index contributed by atoms with van der Waals surface area (Å²) in [6.07, 6.45) is 1.36. The predicted octanol–water partition coefficient (Wildman–Crippen LogP) is 2.06. The van der Waals surface area contributed by atoms with Crippen LogP contribution in [0.25, 0.3) is 0 Å². The minimum atomic E-state index is -3.26. The minimum absolute atomic E-state index is 0.0489. The van der Waals surface area contributed by atoms with Crippen molar-refractivity contribution in [2.45, 2.75) is 32.7 Å². The zero-order valence-corrected chi connectivity index (χ0v) is 14.3. The number of piperidine rings is 1. The largest absolute Gasteiger partial charge is 0.349 e. The number of hydrogen-bond acceptors (Lipinski definition) is 3. The summed E-state index contributed by atoms with van der Waals surface area (Å²) < 4.78 is 38.3. The maximum absolute atomic E-state index is 12.9. The number of nitrogens with zero attached hydrogens (tertiary/aromatic N) is 1. The molecule has 1 fully saturated rings. The lowest BCUT2D eigenvalue weighted by Crippen LogP contribution is -2.46. The minimum Gasteiger partial charge on any atom is -0.349 e. The summed E-state index contributed by atoms with van der Waals surface area (Å²) >= 11 is 0. The van der Waals surface area contributed by atoms with Crippen molar-refractivity contribution >= 4 is 15.9 Å². The van der Waals surface area contributed by atoms with Crippen LogP contribution in [0.3, 0.4) is 0 Å². The van der Waals surface area contributed by atoms with Crippen molar-refractivity contribution in [1.82, 2.24) is 9.62 Å². The first kappa shape index (κ1) is 17.9. The summed E-state index contributed by atoms with van der Waals surface area (Å²) in [6, 6.07) is 5.73. The summed E-state index contributed by atoms with van der Waals surface area (Å²) in [7, 11) is -3.26. The Balaban J connectivity index is 1.98. The fraction of sp³-hybridized carbons (Fsp3) is 0.562. The van der Waals surface area contributed by atoms with Gasteiger partial charge in [-0.3, -0.25) is 4.79 Å². The van der Waals surface area contributed by atoms with E-state index in [4.69, 9.17) is 0 Å². The van der Waals surface area contributed by atoms with Crippen LogP contribution in [0.1, 0.15) is 38.3 Å². The van der Waals surface area contributed by atoms with E-state index in [2.05, 4.69) is 5.32 Å². The Bertz CT molecular complexity index is 646. The average Bonchev–Trinajstić information content (AvgIpc) is 2.55. The van der Waals surface area contributed by atoms with Gasteiger partial charge in [-0.15, -0.1) is 0 Å². The Morgan fingerprint density at radius 3 is 2.65 bits per heavy atom. The van der Waals surface area contributed by atoms with Gasteiger partial charge in [0.2, 0.25) is 15.9 Å². The molecule has 0 radical (unpaired) electrons. The van der Waals surface area contributed by atoms with Gasteiger partial charge in [-0.25, -0.2) is 17.1 Å². The molecule has 128 valence electrons. The number of carbonyl (C=O) groups is 1. The second kappa shape index (κ2) is 7.40. The topological polar surface area (TPSA) is 66.5 Å². The van der Waals surface area contributed by atoms with Gasteiger partial charge in [-0.1, -0.05) is 12.1 Å². The van der Waals surface area contributed by atoms with Crippen molar-refractivity contribution in [2.75, 3.05) is 18.8 Å². The van der Waals surface area contributed by atoms with Crippen molar-refractivity contribution in [2.24, 2.45) is 5.92 Å². The number of sulfonamides is 1. The molecule has 0 saturated carbocycles. The molecule has 0 aromatic heterocycles. The molecule has 5 nitrogen and oxygen atoms in total. The van der Waals surface area contributed by atoms with Crippen LogP contribution in [0.15, 0.2) is 24.3 Å². The highest BCUT2D eigenvalue weighted by Gasteiger charge is 2.31. The van der Waals surface area contributed by atoms with E-state index >= 15 is 0 Å². The molecular weight excluding hydrogens is 319 g/mol. The second-order valence-electron chi connectivity index (χ2n) is 5.88. The Labute approximate surface area is 136 Å². The van der Waals surface area contributed by atoms with Gasteiger partial charge in [0.1, 0.15) is 5.82 Å². The average molecular weight is 342 g/mol. The highest BCUT2D eigenvalue weighted by atomic mass is 32.2. The van der Waals surface area contributed by atoms with Crippen molar-refractivity contribution in [3.8, 4) is 0 Å². The van der Waals surface area contributed by atoms with E-state index in [1.54, 1.807) is 19.1 Å².